The van der Waals surface area contributed by atoms with Crippen LogP contribution in [0.15, 0.2) is 16.7 Å². The summed E-state index contributed by atoms with van der Waals surface area (Å²) in [4.78, 5) is 17.4. The summed E-state index contributed by atoms with van der Waals surface area (Å²) in [5.74, 6) is 0.177. The number of hydrogen-bond acceptors (Lipinski definition) is 2. The minimum Gasteiger partial charge on any atom is -0.340 e. The molecule has 5 heteroatoms. The number of piperazine rings is 1. The molecule has 2 aliphatic rings. The Bertz CT molecular complexity index is 511. The van der Waals surface area contributed by atoms with Crippen LogP contribution in [0.4, 0.5) is 0 Å². The zero-order valence-corrected chi connectivity index (χ0v) is 13.8. The number of carbonyl (C=O) groups is 1. The van der Waals surface area contributed by atoms with Crippen molar-refractivity contribution in [1.82, 2.24) is 14.4 Å². The Hall–Kier alpha value is -0.810. The third-order valence-corrected chi connectivity index (χ3v) is 4.90. The number of halogens is 1. The molecular weight excluding hydrogens is 318 g/mol. The molecule has 1 aromatic heterocycles. The Balaban J connectivity index is 1.79. The van der Waals surface area contributed by atoms with Crippen molar-refractivity contribution in [3.8, 4) is 0 Å². The molecule has 2 fully saturated rings. The fraction of sp³-hybridized carbons (Fsp3) is 0.667. The summed E-state index contributed by atoms with van der Waals surface area (Å²) in [7, 11) is 0. The number of rotatable bonds is 2. The molecule has 1 amide bonds. The third kappa shape index (κ3) is 2.53. The SMILES string of the molecule is CC(C)n1cc(Br)cc1C(=O)N1CCN2CCCC2C1. The van der Waals surface area contributed by atoms with E-state index in [1.165, 1.54) is 19.4 Å². The molecule has 0 spiro atoms. The predicted molar refractivity (Wildman–Crippen MR) is 83.0 cm³/mol. The first-order valence-corrected chi connectivity index (χ1v) is 8.26. The van der Waals surface area contributed by atoms with Gasteiger partial charge in [0.05, 0.1) is 0 Å². The summed E-state index contributed by atoms with van der Waals surface area (Å²) in [5, 5.41) is 0. The van der Waals surface area contributed by atoms with E-state index in [-0.39, 0.29) is 5.91 Å². The van der Waals surface area contributed by atoms with Crippen molar-refractivity contribution in [2.75, 3.05) is 26.2 Å². The Morgan fingerprint density at radius 3 is 2.90 bits per heavy atom. The summed E-state index contributed by atoms with van der Waals surface area (Å²) in [6.45, 7) is 8.20. The van der Waals surface area contributed by atoms with Crippen LogP contribution in [0.3, 0.4) is 0 Å². The lowest BCUT2D eigenvalue weighted by molar-refractivity contribution is 0.0559. The molecule has 1 atom stereocenters. The summed E-state index contributed by atoms with van der Waals surface area (Å²) >= 11 is 3.49. The first-order chi connectivity index (χ1) is 9.56. The molecule has 2 saturated heterocycles. The van der Waals surface area contributed by atoms with Crippen LogP contribution in [0.25, 0.3) is 0 Å². The van der Waals surface area contributed by atoms with Crippen molar-refractivity contribution in [3.63, 3.8) is 0 Å². The zero-order valence-electron chi connectivity index (χ0n) is 12.2. The quantitative estimate of drug-likeness (QED) is 0.828. The van der Waals surface area contributed by atoms with Crippen LogP contribution in [0.2, 0.25) is 0 Å². The van der Waals surface area contributed by atoms with Crippen LogP contribution in [0.1, 0.15) is 43.2 Å². The number of nitrogens with zero attached hydrogens (tertiary/aromatic N) is 3. The van der Waals surface area contributed by atoms with E-state index in [1.54, 1.807) is 0 Å². The lowest BCUT2D eigenvalue weighted by Crippen LogP contribution is -2.52. The second-order valence-corrected chi connectivity index (χ2v) is 7.04. The molecule has 0 aromatic carbocycles. The summed E-state index contributed by atoms with van der Waals surface area (Å²) < 4.78 is 3.04. The second-order valence-electron chi connectivity index (χ2n) is 6.13. The molecule has 3 heterocycles. The maximum atomic E-state index is 12.8. The highest BCUT2D eigenvalue weighted by Gasteiger charge is 2.33. The van der Waals surface area contributed by atoms with Crippen LogP contribution < -0.4 is 0 Å². The molecule has 1 unspecified atom stereocenters. The summed E-state index contributed by atoms with van der Waals surface area (Å²) in [5.41, 5.74) is 0.804. The normalized spacial score (nSPS) is 23.4. The van der Waals surface area contributed by atoms with Gasteiger partial charge in [0.1, 0.15) is 5.69 Å². The lowest BCUT2D eigenvalue weighted by atomic mass is 10.1. The lowest BCUT2D eigenvalue weighted by Gasteiger charge is -2.37. The second kappa shape index (κ2) is 5.53. The molecular formula is C15H22BrN3O. The minimum atomic E-state index is 0.177. The monoisotopic (exact) mass is 339 g/mol. The molecule has 0 saturated carbocycles. The van der Waals surface area contributed by atoms with Gasteiger partial charge in [0, 0.05) is 42.4 Å². The van der Waals surface area contributed by atoms with Gasteiger partial charge in [0.2, 0.25) is 0 Å². The van der Waals surface area contributed by atoms with E-state index in [4.69, 9.17) is 0 Å². The number of fused-ring (bicyclic) bond motifs is 1. The Morgan fingerprint density at radius 1 is 1.35 bits per heavy atom. The van der Waals surface area contributed by atoms with Crippen LogP contribution in [0.5, 0.6) is 0 Å². The summed E-state index contributed by atoms with van der Waals surface area (Å²) in [6, 6.07) is 2.83. The minimum absolute atomic E-state index is 0.177. The molecule has 110 valence electrons. The fourth-order valence-electron chi connectivity index (χ4n) is 3.38. The van der Waals surface area contributed by atoms with Crippen LogP contribution >= 0.6 is 15.9 Å². The van der Waals surface area contributed by atoms with Crippen molar-refractivity contribution in [3.05, 3.63) is 22.4 Å². The van der Waals surface area contributed by atoms with Gasteiger partial charge in [-0.05, 0) is 55.2 Å². The molecule has 3 rings (SSSR count). The average molecular weight is 340 g/mol. The average Bonchev–Trinajstić information content (AvgIpc) is 3.02. The molecule has 2 aliphatic heterocycles. The maximum Gasteiger partial charge on any atom is 0.270 e. The number of aromatic nitrogens is 1. The zero-order chi connectivity index (χ0) is 14.3. The van der Waals surface area contributed by atoms with Crippen molar-refractivity contribution >= 4 is 21.8 Å². The van der Waals surface area contributed by atoms with E-state index < -0.39 is 0 Å². The van der Waals surface area contributed by atoms with Crippen molar-refractivity contribution < 1.29 is 4.79 Å². The fourth-order valence-corrected chi connectivity index (χ4v) is 3.82. The first kappa shape index (κ1) is 14.1. The van der Waals surface area contributed by atoms with Gasteiger partial charge in [-0.25, -0.2) is 0 Å². The number of hydrogen-bond donors (Lipinski definition) is 0. The standard InChI is InChI=1S/C15H22BrN3O/c1-11(2)19-9-12(16)8-14(19)15(20)18-7-6-17-5-3-4-13(17)10-18/h8-9,11,13H,3-7,10H2,1-2H3. The van der Waals surface area contributed by atoms with E-state index in [9.17, 15) is 4.79 Å². The topological polar surface area (TPSA) is 28.5 Å². The molecule has 1 aromatic rings. The van der Waals surface area contributed by atoms with Gasteiger partial charge in [0.25, 0.3) is 5.91 Å². The van der Waals surface area contributed by atoms with Gasteiger partial charge in [-0.1, -0.05) is 0 Å². The molecule has 0 radical (unpaired) electrons. The van der Waals surface area contributed by atoms with E-state index in [0.717, 1.165) is 29.8 Å². The van der Waals surface area contributed by atoms with Crippen molar-refractivity contribution in [2.45, 2.75) is 38.8 Å². The van der Waals surface area contributed by atoms with E-state index in [0.29, 0.717) is 12.1 Å². The van der Waals surface area contributed by atoms with Gasteiger partial charge in [-0.2, -0.15) is 0 Å². The van der Waals surface area contributed by atoms with Crippen molar-refractivity contribution in [1.29, 1.82) is 0 Å². The van der Waals surface area contributed by atoms with Crippen LogP contribution in [0, 0.1) is 0 Å². The van der Waals surface area contributed by atoms with Gasteiger partial charge < -0.3 is 9.47 Å². The smallest absolute Gasteiger partial charge is 0.270 e. The molecule has 20 heavy (non-hydrogen) atoms. The third-order valence-electron chi connectivity index (χ3n) is 4.47. The van der Waals surface area contributed by atoms with Crippen molar-refractivity contribution in [2.24, 2.45) is 0 Å². The predicted octanol–water partition coefficient (Wildman–Crippen LogP) is 2.75. The maximum absolute atomic E-state index is 12.8. The highest BCUT2D eigenvalue weighted by molar-refractivity contribution is 9.10. The van der Waals surface area contributed by atoms with Gasteiger partial charge in [0.15, 0.2) is 0 Å². The number of carbonyl (C=O) groups excluding carboxylic acids is 1. The van der Waals surface area contributed by atoms with Crippen LogP contribution in [-0.2, 0) is 0 Å². The van der Waals surface area contributed by atoms with E-state index in [1.807, 2.05) is 17.2 Å². The Labute approximate surface area is 128 Å². The van der Waals surface area contributed by atoms with Gasteiger partial charge >= 0.3 is 0 Å². The Kier molecular flexibility index (Phi) is 3.91. The highest BCUT2D eigenvalue weighted by atomic mass is 79.9. The summed E-state index contributed by atoms with van der Waals surface area (Å²) in [6.07, 6.45) is 4.52. The van der Waals surface area contributed by atoms with Crippen LogP contribution in [-0.4, -0.2) is 52.5 Å². The van der Waals surface area contributed by atoms with E-state index in [2.05, 4.69) is 39.2 Å². The molecule has 0 aliphatic carbocycles. The van der Waals surface area contributed by atoms with Gasteiger partial charge in [-0.15, -0.1) is 0 Å². The Morgan fingerprint density at radius 2 is 2.15 bits per heavy atom. The molecule has 0 bridgehead atoms. The first-order valence-electron chi connectivity index (χ1n) is 7.47. The van der Waals surface area contributed by atoms with Gasteiger partial charge in [-0.3, -0.25) is 9.69 Å². The molecule has 0 N–H and O–H groups in total. The molecule has 4 nitrogen and oxygen atoms in total. The largest absolute Gasteiger partial charge is 0.340 e. The van der Waals surface area contributed by atoms with E-state index >= 15 is 0 Å². The number of amides is 1. The highest BCUT2D eigenvalue weighted by Crippen LogP contribution is 2.25.